The molecule has 1 aliphatic heterocycles. The lowest BCUT2D eigenvalue weighted by Crippen LogP contribution is -2.41. The van der Waals surface area contributed by atoms with Crippen LogP contribution in [0.15, 0.2) is 48.8 Å². The Balaban J connectivity index is 1.37. The Morgan fingerprint density at radius 1 is 1.17 bits per heavy atom. The Morgan fingerprint density at radius 2 is 2.03 bits per heavy atom. The molecule has 5 rings (SSSR count). The molecule has 1 saturated heterocycles. The van der Waals surface area contributed by atoms with Crippen LogP contribution in [-0.2, 0) is 16.1 Å². The van der Waals surface area contributed by atoms with E-state index in [2.05, 4.69) is 16.1 Å². The Kier molecular flexibility index (Phi) is 4.52. The second kappa shape index (κ2) is 7.33. The number of nitrogens with zero attached hydrogens (tertiary/aromatic N) is 3. The molecule has 1 fully saturated rings. The van der Waals surface area contributed by atoms with Gasteiger partial charge in [-0.3, -0.25) is 9.48 Å². The molecule has 1 aliphatic rings. The van der Waals surface area contributed by atoms with E-state index in [9.17, 15) is 9.18 Å². The van der Waals surface area contributed by atoms with Crippen molar-refractivity contribution in [2.75, 3.05) is 26.3 Å². The molecule has 0 saturated carbocycles. The molecule has 0 atom stereocenters. The van der Waals surface area contributed by atoms with Gasteiger partial charge in [-0.15, -0.1) is 0 Å². The molecule has 4 aromatic rings. The maximum atomic E-state index is 13.4. The first-order valence-electron chi connectivity index (χ1n) is 9.77. The number of carbonyl (C=O) groups is 1. The van der Waals surface area contributed by atoms with Crippen LogP contribution in [-0.4, -0.2) is 51.9 Å². The molecule has 2 aromatic heterocycles. The minimum atomic E-state index is -0.255. The van der Waals surface area contributed by atoms with Gasteiger partial charge in [0.05, 0.1) is 31.5 Å². The van der Waals surface area contributed by atoms with Crippen LogP contribution >= 0.6 is 0 Å². The molecule has 148 valence electrons. The summed E-state index contributed by atoms with van der Waals surface area (Å²) in [7, 11) is 0. The standard InChI is InChI=1S/C22H21FN4O2/c23-17-2-3-18-19(14-24-20(18)12-17)15-1-4-21-16(11-15)13-25-27(21)6-5-22(28)26-7-9-29-10-8-26/h1-4,11-14,24H,5-10H2. The number of aromatic nitrogens is 3. The van der Waals surface area contributed by atoms with Crippen molar-refractivity contribution in [2.45, 2.75) is 13.0 Å². The Morgan fingerprint density at radius 3 is 2.90 bits per heavy atom. The van der Waals surface area contributed by atoms with Crippen LogP contribution in [0.5, 0.6) is 0 Å². The van der Waals surface area contributed by atoms with Gasteiger partial charge < -0.3 is 14.6 Å². The Hall–Kier alpha value is -3.19. The highest BCUT2D eigenvalue weighted by atomic mass is 19.1. The topological polar surface area (TPSA) is 63.2 Å². The molecule has 29 heavy (non-hydrogen) atoms. The average Bonchev–Trinajstić information content (AvgIpc) is 3.35. The summed E-state index contributed by atoms with van der Waals surface area (Å²) in [6.45, 7) is 3.10. The third kappa shape index (κ3) is 3.38. The molecule has 0 bridgehead atoms. The van der Waals surface area contributed by atoms with Gasteiger partial charge >= 0.3 is 0 Å². The summed E-state index contributed by atoms with van der Waals surface area (Å²) in [5, 5.41) is 6.47. The normalized spacial score (nSPS) is 14.7. The van der Waals surface area contributed by atoms with E-state index in [0.717, 1.165) is 32.9 Å². The SMILES string of the molecule is O=C(CCn1ncc2cc(-c3c[nH]c4cc(F)ccc34)ccc21)N1CCOCC1. The summed E-state index contributed by atoms with van der Waals surface area (Å²) in [6, 6.07) is 10.9. The number of amides is 1. The monoisotopic (exact) mass is 392 g/mol. The number of aryl methyl sites for hydroxylation is 1. The highest BCUT2D eigenvalue weighted by Crippen LogP contribution is 2.31. The summed E-state index contributed by atoms with van der Waals surface area (Å²) in [5.74, 6) is -0.117. The Labute approximate surface area is 166 Å². The molecule has 6 nitrogen and oxygen atoms in total. The van der Waals surface area contributed by atoms with Crippen LogP contribution in [0.1, 0.15) is 6.42 Å². The van der Waals surface area contributed by atoms with Crippen molar-refractivity contribution in [3.8, 4) is 11.1 Å². The largest absolute Gasteiger partial charge is 0.378 e. The smallest absolute Gasteiger partial charge is 0.224 e. The van der Waals surface area contributed by atoms with Crippen molar-refractivity contribution in [2.24, 2.45) is 0 Å². The molecule has 0 spiro atoms. The molecule has 3 heterocycles. The van der Waals surface area contributed by atoms with Gasteiger partial charge in [0.1, 0.15) is 5.82 Å². The minimum absolute atomic E-state index is 0.139. The van der Waals surface area contributed by atoms with Gasteiger partial charge in [0.15, 0.2) is 0 Å². The van der Waals surface area contributed by atoms with Crippen molar-refractivity contribution in [1.29, 1.82) is 0 Å². The number of carbonyl (C=O) groups excluding carboxylic acids is 1. The molecule has 0 unspecified atom stereocenters. The number of halogens is 1. The number of ether oxygens (including phenoxy) is 1. The summed E-state index contributed by atoms with van der Waals surface area (Å²) < 4.78 is 20.6. The Bertz CT molecular complexity index is 1190. The van der Waals surface area contributed by atoms with Crippen molar-refractivity contribution in [3.05, 3.63) is 54.6 Å². The molecule has 7 heteroatoms. The predicted octanol–water partition coefficient (Wildman–Crippen LogP) is 3.57. The van der Waals surface area contributed by atoms with Gasteiger partial charge in [0, 0.05) is 47.6 Å². The fraction of sp³-hybridized carbons (Fsp3) is 0.273. The highest BCUT2D eigenvalue weighted by Gasteiger charge is 2.17. The van der Waals surface area contributed by atoms with E-state index < -0.39 is 0 Å². The predicted molar refractivity (Wildman–Crippen MR) is 109 cm³/mol. The number of aromatic amines is 1. The fourth-order valence-electron chi connectivity index (χ4n) is 3.94. The van der Waals surface area contributed by atoms with Gasteiger partial charge in [-0.25, -0.2) is 4.39 Å². The van der Waals surface area contributed by atoms with Crippen LogP contribution in [0.4, 0.5) is 4.39 Å². The van der Waals surface area contributed by atoms with Crippen LogP contribution in [0, 0.1) is 5.82 Å². The molecule has 1 N–H and O–H groups in total. The van der Waals surface area contributed by atoms with Gasteiger partial charge in [0.2, 0.25) is 5.91 Å². The second-order valence-corrected chi connectivity index (χ2v) is 7.28. The number of hydrogen-bond donors (Lipinski definition) is 1. The first kappa shape index (κ1) is 17.9. The van der Waals surface area contributed by atoms with Crippen molar-refractivity contribution < 1.29 is 13.9 Å². The van der Waals surface area contributed by atoms with Crippen molar-refractivity contribution in [1.82, 2.24) is 19.7 Å². The first-order valence-corrected chi connectivity index (χ1v) is 9.77. The number of benzene rings is 2. The zero-order valence-corrected chi connectivity index (χ0v) is 15.9. The molecule has 1 amide bonds. The van der Waals surface area contributed by atoms with E-state index in [1.807, 2.05) is 34.1 Å². The highest BCUT2D eigenvalue weighted by molar-refractivity contribution is 5.97. The number of hydrogen-bond acceptors (Lipinski definition) is 3. The van der Waals surface area contributed by atoms with E-state index in [1.165, 1.54) is 12.1 Å². The van der Waals surface area contributed by atoms with Crippen LogP contribution in [0.2, 0.25) is 0 Å². The van der Waals surface area contributed by atoms with Crippen molar-refractivity contribution >= 4 is 27.7 Å². The fourth-order valence-corrected chi connectivity index (χ4v) is 3.94. The molecule has 0 aliphatic carbocycles. The first-order chi connectivity index (χ1) is 14.2. The molecule has 2 aromatic carbocycles. The lowest BCUT2D eigenvalue weighted by Gasteiger charge is -2.26. The number of nitrogens with one attached hydrogen (secondary N) is 1. The van der Waals surface area contributed by atoms with Gasteiger partial charge in [-0.1, -0.05) is 6.07 Å². The van der Waals surface area contributed by atoms with Crippen molar-refractivity contribution in [3.63, 3.8) is 0 Å². The second-order valence-electron chi connectivity index (χ2n) is 7.28. The number of morpholine rings is 1. The maximum Gasteiger partial charge on any atom is 0.224 e. The van der Waals surface area contributed by atoms with E-state index in [-0.39, 0.29) is 11.7 Å². The third-order valence-corrected chi connectivity index (χ3v) is 5.50. The van der Waals surface area contributed by atoms with Crippen LogP contribution in [0.25, 0.3) is 32.9 Å². The molecular weight excluding hydrogens is 371 g/mol. The summed E-state index contributed by atoms with van der Waals surface area (Å²) >= 11 is 0. The zero-order chi connectivity index (χ0) is 19.8. The lowest BCUT2D eigenvalue weighted by molar-refractivity contribution is -0.135. The third-order valence-electron chi connectivity index (χ3n) is 5.50. The maximum absolute atomic E-state index is 13.4. The zero-order valence-electron chi connectivity index (χ0n) is 15.9. The van der Waals surface area contributed by atoms with E-state index >= 15 is 0 Å². The van der Waals surface area contributed by atoms with Crippen LogP contribution in [0.3, 0.4) is 0 Å². The average molecular weight is 392 g/mol. The van der Waals surface area contributed by atoms with Crippen LogP contribution < -0.4 is 0 Å². The molecule has 0 radical (unpaired) electrons. The van der Waals surface area contributed by atoms with E-state index in [0.29, 0.717) is 39.3 Å². The minimum Gasteiger partial charge on any atom is -0.378 e. The van der Waals surface area contributed by atoms with Gasteiger partial charge in [0.25, 0.3) is 0 Å². The van der Waals surface area contributed by atoms with E-state index in [1.54, 1.807) is 6.07 Å². The summed E-state index contributed by atoms with van der Waals surface area (Å²) in [6.07, 6.45) is 4.15. The van der Waals surface area contributed by atoms with Gasteiger partial charge in [-0.05, 0) is 35.9 Å². The van der Waals surface area contributed by atoms with E-state index in [4.69, 9.17) is 4.74 Å². The number of fused-ring (bicyclic) bond motifs is 2. The molecular formula is C22H21FN4O2. The summed E-state index contributed by atoms with van der Waals surface area (Å²) in [4.78, 5) is 17.4. The lowest BCUT2D eigenvalue weighted by atomic mass is 10.0. The number of H-pyrrole nitrogens is 1. The number of rotatable bonds is 4. The summed E-state index contributed by atoms with van der Waals surface area (Å²) in [5.41, 5.74) is 3.84. The van der Waals surface area contributed by atoms with Gasteiger partial charge in [-0.2, -0.15) is 5.10 Å². The quantitative estimate of drug-likeness (QED) is 0.578.